The maximum atomic E-state index is 12.6. The summed E-state index contributed by atoms with van der Waals surface area (Å²) in [5.74, 6) is -1.34. The molecule has 5 atom stereocenters. The van der Waals surface area contributed by atoms with Crippen LogP contribution in [0.4, 0.5) is 5.82 Å². The predicted molar refractivity (Wildman–Crippen MR) is 111 cm³/mol. The van der Waals surface area contributed by atoms with Crippen LogP contribution in [0.15, 0.2) is 18.5 Å². The second-order valence-corrected chi connectivity index (χ2v) is 8.08. The van der Waals surface area contributed by atoms with Crippen molar-refractivity contribution in [3.63, 3.8) is 0 Å². The monoisotopic (exact) mass is 445 g/mol. The number of aliphatic hydroxyl groups excluding tert-OH is 1. The Morgan fingerprint density at radius 1 is 1.41 bits per heavy atom. The highest BCUT2D eigenvalue weighted by molar-refractivity contribution is 5.73. The molecule has 0 bridgehead atoms. The van der Waals surface area contributed by atoms with Gasteiger partial charge in [-0.3, -0.25) is 9.59 Å². The Labute approximate surface area is 185 Å². The summed E-state index contributed by atoms with van der Waals surface area (Å²) in [5, 5.41) is 25.4. The average Bonchev–Trinajstić information content (AvgIpc) is 3.32. The lowest BCUT2D eigenvalue weighted by molar-refractivity contribution is -0.164. The Bertz CT molecular complexity index is 1050. The molecule has 11 heteroatoms. The fourth-order valence-corrected chi connectivity index (χ4v) is 3.47. The van der Waals surface area contributed by atoms with E-state index in [4.69, 9.17) is 19.9 Å². The van der Waals surface area contributed by atoms with Crippen LogP contribution in [0.3, 0.4) is 0 Å². The first-order valence-corrected chi connectivity index (χ1v) is 10.4. The number of fused-ring (bicyclic) bond motifs is 1. The molecule has 0 saturated carbocycles. The van der Waals surface area contributed by atoms with Crippen molar-refractivity contribution >= 4 is 23.3 Å². The summed E-state index contributed by atoms with van der Waals surface area (Å²) in [6.45, 7) is 6.76. The van der Waals surface area contributed by atoms with Crippen molar-refractivity contribution in [2.24, 2.45) is 11.8 Å². The molecule has 0 unspecified atom stereocenters. The number of aromatic nitrogens is 3. The molecule has 172 valence electrons. The van der Waals surface area contributed by atoms with Gasteiger partial charge in [-0.25, -0.2) is 9.50 Å². The molecule has 11 nitrogen and oxygen atoms in total. The van der Waals surface area contributed by atoms with E-state index in [0.717, 1.165) is 0 Å². The van der Waals surface area contributed by atoms with Crippen LogP contribution < -0.4 is 5.73 Å². The number of ether oxygens (including phenoxy) is 3. The molecule has 32 heavy (non-hydrogen) atoms. The number of carbonyl (C=O) groups is 2. The molecule has 3 rings (SSSR count). The molecule has 1 saturated heterocycles. The van der Waals surface area contributed by atoms with E-state index in [0.29, 0.717) is 5.52 Å². The fourth-order valence-electron chi connectivity index (χ4n) is 3.47. The van der Waals surface area contributed by atoms with E-state index < -0.39 is 41.8 Å². The van der Waals surface area contributed by atoms with Gasteiger partial charge in [0.2, 0.25) is 5.60 Å². The summed E-state index contributed by atoms with van der Waals surface area (Å²) in [5.41, 5.74) is 4.52. The number of nitriles is 1. The third-order valence-electron chi connectivity index (χ3n) is 5.78. The maximum Gasteiger partial charge on any atom is 0.309 e. The van der Waals surface area contributed by atoms with Gasteiger partial charge in [0.05, 0.1) is 11.6 Å². The zero-order valence-electron chi connectivity index (χ0n) is 18.4. The first-order valence-electron chi connectivity index (χ1n) is 10.4. The van der Waals surface area contributed by atoms with Gasteiger partial charge < -0.3 is 25.1 Å². The average molecular weight is 445 g/mol. The van der Waals surface area contributed by atoms with Crippen molar-refractivity contribution in [2.75, 3.05) is 12.3 Å². The minimum Gasteiger partial charge on any atom is -0.463 e. The van der Waals surface area contributed by atoms with Crippen LogP contribution >= 0.6 is 0 Å². The third kappa shape index (κ3) is 3.99. The molecule has 0 aromatic carbocycles. The molecule has 0 spiro atoms. The van der Waals surface area contributed by atoms with E-state index in [-0.39, 0.29) is 30.5 Å². The lowest BCUT2D eigenvalue weighted by Crippen LogP contribution is -2.44. The zero-order chi connectivity index (χ0) is 23.6. The number of aliphatic hydroxyl groups is 1. The number of anilines is 1. The van der Waals surface area contributed by atoms with Crippen LogP contribution in [0.5, 0.6) is 0 Å². The molecule has 2 aromatic heterocycles. The molecule has 0 aliphatic carbocycles. The lowest BCUT2D eigenvalue weighted by atomic mass is 9.92. The summed E-state index contributed by atoms with van der Waals surface area (Å²) >= 11 is 0. The Morgan fingerprint density at radius 3 is 2.75 bits per heavy atom. The van der Waals surface area contributed by atoms with E-state index in [2.05, 4.69) is 10.1 Å². The topological polar surface area (TPSA) is 162 Å². The highest BCUT2D eigenvalue weighted by Gasteiger charge is 2.60. The van der Waals surface area contributed by atoms with Gasteiger partial charge in [-0.1, -0.05) is 27.7 Å². The largest absolute Gasteiger partial charge is 0.463 e. The molecule has 2 aromatic rings. The summed E-state index contributed by atoms with van der Waals surface area (Å²) in [7, 11) is 0. The summed E-state index contributed by atoms with van der Waals surface area (Å²) in [6, 6.07) is 5.12. The normalized spacial score (nSPS) is 26.1. The van der Waals surface area contributed by atoms with E-state index in [1.54, 1.807) is 19.9 Å². The van der Waals surface area contributed by atoms with Crippen LogP contribution in [0.2, 0.25) is 0 Å². The van der Waals surface area contributed by atoms with E-state index in [1.165, 1.54) is 16.9 Å². The molecular weight excluding hydrogens is 418 g/mol. The van der Waals surface area contributed by atoms with Crippen molar-refractivity contribution in [1.29, 1.82) is 5.26 Å². The van der Waals surface area contributed by atoms with Crippen LogP contribution in [-0.4, -0.2) is 56.6 Å². The van der Waals surface area contributed by atoms with Gasteiger partial charge in [0.1, 0.15) is 36.7 Å². The standard InChI is InChI=1S/C21H27N5O6/c1-5-16(27)30-8-14-17(31-20(29)12(4)11(2)3)18(28)21(9-22,32-14)15-7-6-13-19(23)24-10-25-26(13)15/h6-7,10-12,14,17-18,28H,5,8H2,1-4H3,(H2,23,24,25)/t12-,14+,17+,18+,21-/m0/s1. The van der Waals surface area contributed by atoms with Crippen molar-refractivity contribution in [2.45, 2.75) is 58.0 Å². The van der Waals surface area contributed by atoms with Gasteiger partial charge in [-0.05, 0) is 18.1 Å². The molecule has 0 amide bonds. The Hall–Kier alpha value is -3.23. The molecule has 3 N–H and O–H groups in total. The predicted octanol–water partition coefficient (Wildman–Crippen LogP) is 0.947. The van der Waals surface area contributed by atoms with Crippen molar-refractivity contribution in [1.82, 2.24) is 14.6 Å². The highest BCUT2D eigenvalue weighted by atomic mass is 16.6. The minimum absolute atomic E-state index is 0.00620. The van der Waals surface area contributed by atoms with Crippen molar-refractivity contribution < 1.29 is 28.9 Å². The summed E-state index contributed by atoms with van der Waals surface area (Å²) in [6.07, 6.45) is -2.57. The number of esters is 2. The molecule has 1 aliphatic heterocycles. The second-order valence-electron chi connectivity index (χ2n) is 8.08. The van der Waals surface area contributed by atoms with Gasteiger partial charge in [-0.15, -0.1) is 0 Å². The van der Waals surface area contributed by atoms with Gasteiger partial charge in [0, 0.05) is 6.42 Å². The number of carbonyl (C=O) groups excluding carboxylic acids is 2. The lowest BCUT2D eigenvalue weighted by Gasteiger charge is -2.25. The minimum atomic E-state index is -1.96. The zero-order valence-corrected chi connectivity index (χ0v) is 18.4. The highest BCUT2D eigenvalue weighted by Crippen LogP contribution is 2.42. The number of nitrogen functional groups attached to an aromatic ring is 1. The van der Waals surface area contributed by atoms with Crippen molar-refractivity contribution in [3.05, 3.63) is 24.2 Å². The molecule has 3 heterocycles. The Morgan fingerprint density at radius 2 is 2.12 bits per heavy atom. The van der Waals surface area contributed by atoms with E-state index in [1.807, 2.05) is 19.9 Å². The van der Waals surface area contributed by atoms with Crippen LogP contribution in [0, 0.1) is 23.2 Å². The van der Waals surface area contributed by atoms with Gasteiger partial charge >= 0.3 is 11.9 Å². The van der Waals surface area contributed by atoms with Gasteiger partial charge in [-0.2, -0.15) is 10.4 Å². The first kappa shape index (κ1) is 23.4. The number of nitrogens with zero attached hydrogens (tertiary/aromatic N) is 4. The summed E-state index contributed by atoms with van der Waals surface area (Å²) < 4.78 is 18.1. The van der Waals surface area contributed by atoms with Gasteiger partial charge in [0.15, 0.2) is 11.9 Å². The number of nitrogens with two attached hydrogens (primary N) is 1. The van der Waals surface area contributed by atoms with Crippen LogP contribution in [0.25, 0.3) is 5.52 Å². The molecular formula is C21H27N5O6. The summed E-state index contributed by atoms with van der Waals surface area (Å²) in [4.78, 5) is 28.3. The van der Waals surface area contributed by atoms with Crippen LogP contribution in [0.1, 0.15) is 39.8 Å². The van der Waals surface area contributed by atoms with Gasteiger partial charge in [0.25, 0.3) is 0 Å². The molecule has 1 aliphatic rings. The second kappa shape index (κ2) is 9.10. The number of hydrogen-bond donors (Lipinski definition) is 2. The molecule has 1 fully saturated rings. The fraction of sp³-hybridized carbons (Fsp3) is 0.571. The van der Waals surface area contributed by atoms with E-state index >= 15 is 0 Å². The smallest absolute Gasteiger partial charge is 0.309 e. The Balaban J connectivity index is 2.01. The quantitative estimate of drug-likeness (QED) is 0.587. The number of hydrogen-bond acceptors (Lipinski definition) is 10. The van der Waals surface area contributed by atoms with Crippen molar-refractivity contribution in [3.8, 4) is 6.07 Å². The first-order chi connectivity index (χ1) is 15.2. The number of rotatable bonds is 7. The van der Waals surface area contributed by atoms with E-state index in [9.17, 15) is 20.0 Å². The maximum absolute atomic E-state index is 12.6. The molecule has 0 radical (unpaired) electrons. The SMILES string of the molecule is CCC(=O)OC[C@H]1O[C@@](C#N)(c2ccc3c(N)ncnn23)[C@H](O)[C@@H]1OC(=O)[C@@H](C)C(C)C. The third-order valence-corrected chi connectivity index (χ3v) is 5.78. The Kier molecular flexibility index (Phi) is 6.66. The van der Waals surface area contributed by atoms with Crippen LogP contribution in [-0.2, 0) is 29.4 Å².